The largest absolute Gasteiger partial charge is 0.464 e. The lowest BCUT2D eigenvalue weighted by Crippen LogP contribution is -2.14. The van der Waals surface area contributed by atoms with Crippen LogP contribution in [0.4, 0.5) is 0 Å². The molecule has 9 heteroatoms. The van der Waals surface area contributed by atoms with Crippen molar-refractivity contribution < 1.29 is 13.9 Å². The van der Waals surface area contributed by atoms with Gasteiger partial charge in [-0.05, 0) is 30.3 Å². The third-order valence-corrected chi connectivity index (χ3v) is 5.85. The smallest absolute Gasteiger partial charge is 0.338 e. The summed E-state index contributed by atoms with van der Waals surface area (Å²) in [5, 5.41) is 2.29. The standard InChI is InChI=1S/C19H11N3O4S2/c23-17-16-11(13-2-1-5-25-13)8-27-18(16)22-15(21-17)7-26-19(24)10-3-4-12-14(6-10)28-9-20-12/h1-6,8-9H,7H2,(H,21,22,23). The van der Waals surface area contributed by atoms with E-state index in [1.54, 1.807) is 42.1 Å². The number of aromatic nitrogens is 3. The number of ether oxygens (including phenoxy) is 1. The second kappa shape index (κ2) is 6.70. The van der Waals surface area contributed by atoms with E-state index in [0.717, 1.165) is 10.2 Å². The van der Waals surface area contributed by atoms with Crippen molar-refractivity contribution in [2.45, 2.75) is 6.61 Å². The van der Waals surface area contributed by atoms with Crippen molar-refractivity contribution >= 4 is 49.1 Å². The molecule has 4 heterocycles. The number of benzene rings is 1. The summed E-state index contributed by atoms with van der Waals surface area (Å²) >= 11 is 2.79. The summed E-state index contributed by atoms with van der Waals surface area (Å²) in [6.07, 6.45) is 1.55. The van der Waals surface area contributed by atoms with Crippen molar-refractivity contribution in [2.24, 2.45) is 0 Å². The number of H-pyrrole nitrogens is 1. The molecule has 0 fully saturated rings. The zero-order chi connectivity index (χ0) is 19.1. The molecule has 1 aromatic carbocycles. The molecular weight excluding hydrogens is 398 g/mol. The monoisotopic (exact) mass is 409 g/mol. The summed E-state index contributed by atoms with van der Waals surface area (Å²) < 4.78 is 11.6. The van der Waals surface area contributed by atoms with Crippen molar-refractivity contribution in [3.63, 3.8) is 0 Å². The van der Waals surface area contributed by atoms with Gasteiger partial charge in [0.1, 0.15) is 23.0 Å². The van der Waals surface area contributed by atoms with Crippen LogP contribution in [0.3, 0.4) is 0 Å². The molecule has 0 radical (unpaired) electrons. The first-order valence-corrected chi connectivity index (χ1v) is 9.99. The Balaban J connectivity index is 1.39. The maximum absolute atomic E-state index is 12.5. The highest BCUT2D eigenvalue weighted by atomic mass is 32.1. The SMILES string of the molecule is O=C(OCc1nc2scc(-c3ccco3)c2c(=O)[nH]1)c1ccc2ncsc2c1. The molecule has 138 valence electrons. The van der Waals surface area contributed by atoms with Crippen molar-refractivity contribution in [3.8, 4) is 11.3 Å². The molecular formula is C19H11N3O4S2. The number of nitrogens with zero attached hydrogens (tertiary/aromatic N) is 2. The Labute approximate surface area is 165 Å². The number of hydrogen-bond donors (Lipinski definition) is 1. The number of thiazole rings is 1. The van der Waals surface area contributed by atoms with E-state index in [9.17, 15) is 9.59 Å². The molecule has 5 rings (SSSR count). The van der Waals surface area contributed by atoms with Gasteiger partial charge in [-0.3, -0.25) is 4.79 Å². The van der Waals surface area contributed by atoms with Crippen LogP contribution in [0.15, 0.2) is 56.7 Å². The number of carbonyl (C=O) groups is 1. The molecule has 0 amide bonds. The molecule has 1 N–H and O–H groups in total. The minimum atomic E-state index is -0.486. The Morgan fingerprint density at radius 2 is 2.18 bits per heavy atom. The summed E-state index contributed by atoms with van der Waals surface area (Å²) in [6.45, 7) is -0.126. The van der Waals surface area contributed by atoms with E-state index in [4.69, 9.17) is 9.15 Å². The van der Waals surface area contributed by atoms with E-state index in [-0.39, 0.29) is 18.0 Å². The topological polar surface area (TPSA) is 98.1 Å². The first kappa shape index (κ1) is 16.8. The van der Waals surface area contributed by atoms with Crippen molar-refractivity contribution in [2.75, 3.05) is 0 Å². The van der Waals surface area contributed by atoms with Crippen LogP contribution in [0.5, 0.6) is 0 Å². The van der Waals surface area contributed by atoms with Gasteiger partial charge in [0.05, 0.1) is 32.9 Å². The molecule has 5 aromatic rings. The predicted octanol–water partition coefficient (Wildman–Crippen LogP) is 4.21. The van der Waals surface area contributed by atoms with Crippen LogP contribution in [0.2, 0.25) is 0 Å². The fourth-order valence-electron chi connectivity index (χ4n) is 2.87. The fraction of sp³-hybridized carbons (Fsp3) is 0.0526. The molecule has 0 saturated heterocycles. The molecule has 0 aliphatic rings. The van der Waals surface area contributed by atoms with Crippen molar-refractivity contribution in [3.05, 3.63) is 69.2 Å². The highest BCUT2D eigenvalue weighted by Gasteiger charge is 2.16. The van der Waals surface area contributed by atoms with E-state index < -0.39 is 5.97 Å². The minimum Gasteiger partial charge on any atom is -0.464 e. The molecule has 0 saturated carbocycles. The third kappa shape index (κ3) is 2.90. The van der Waals surface area contributed by atoms with E-state index in [1.807, 2.05) is 5.38 Å². The Hall–Kier alpha value is -3.30. The minimum absolute atomic E-state index is 0.126. The first-order chi connectivity index (χ1) is 13.7. The second-order valence-corrected chi connectivity index (χ2v) is 7.67. The van der Waals surface area contributed by atoms with Gasteiger partial charge in [0.25, 0.3) is 5.56 Å². The van der Waals surface area contributed by atoms with Gasteiger partial charge in [-0.2, -0.15) is 0 Å². The number of carbonyl (C=O) groups excluding carboxylic acids is 1. The van der Waals surface area contributed by atoms with Gasteiger partial charge in [0, 0.05) is 10.9 Å². The van der Waals surface area contributed by atoms with Crippen molar-refractivity contribution in [1.29, 1.82) is 0 Å². The zero-order valence-corrected chi connectivity index (χ0v) is 15.8. The number of furan rings is 1. The number of thiophene rings is 1. The normalized spacial score (nSPS) is 11.3. The zero-order valence-electron chi connectivity index (χ0n) is 14.2. The quantitative estimate of drug-likeness (QED) is 0.447. The van der Waals surface area contributed by atoms with Gasteiger partial charge in [-0.25, -0.2) is 14.8 Å². The Morgan fingerprint density at radius 3 is 3.04 bits per heavy atom. The van der Waals surface area contributed by atoms with Crippen LogP contribution in [0.1, 0.15) is 16.2 Å². The molecule has 0 aliphatic heterocycles. The number of nitrogens with one attached hydrogen (secondary N) is 1. The van der Waals surface area contributed by atoms with Crippen LogP contribution in [0.25, 0.3) is 31.8 Å². The lowest BCUT2D eigenvalue weighted by atomic mass is 10.2. The maximum Gasteiger partial charge on any atom is 0.338 e. The average molecular weight is 409 g/mol. The first-order valence-electron chi connectivity index (χ1n) is 8.24. The van der Waals surface area contributed by atoms with Crippen LogP contribution >= 0.6 is 22.7 Å². The summed E-state index contributed by atoms with van der Waals surface area (Å²) in [4.78, 5) is 36.7. The fourth-order valence-corrected chi connectivity index (χ4v) is 4.54. The lowest BCUT2D eigenvalue weighted by molar-refractivity contribution is 0.0462. The number of hydrogen-bond acceptors (Lipinski definition) is 8. The number of aromatic amines is 1. The summed E-state index contributed by atoms with van der Waals surface area (Å²) in [5.74, 6) is 0.411. The predicted molar refractivity (Wildman–Crippen MR) is 107 cm³/mol. The molecule has 0 spiro atoms. The average Bonchev–Trinajstić information content (AvgIpc) is 3.44. The van der Waals surface area contributed by atoms with E-state index >= 15 is 0 Å². The van der Waals surface area contributed by atoms with Gasteiger partial charge in [0.15, 0.2) is 0 Å². The Kier molecular flexibility index (Phi) is 4.03. The molecule has 28 heavy (non-hydrogen) atoms. The second-order valence-electron chi connectivity index (χ2n) is 5.93. The van der Waals surface area contributed by atoms with Gasteiger partial charge in [-0.1, -0.05) is 0 Å². The van der Waals surface area contributed by atoms with E-state index in [2.05, 4.69) is 15.0 Å². The van der Waals surface area contributed by atoms with Gasteiger partial charge in [-0.15, -0.1) is 22.7 Å². The summed E-state index contributed by atoms with van der Waals surface area (Å²) in [5.41, 5.74) is 3.39. The Morgan fingerprint density at radius 1 is 1.25 bits per heavy atom. The molecule has 0 bridgehead atoms. The molecule has 0 unspecified atom stereocenters. The van der Waals surface area contributed by atoms with Crippen molar-refractivity contribution in [1.82, 2.24) is 15.0 Å². The van der Waals surface area contributed by atoms with E-state index in [0.29, 0.717) is 27.1 Å². The highest BCUT2D eigenvalue weighted by molar-refractivity contribution is 7.17. The Bertz CT molecular complexity index is 1370. The number of fused-ring (bicyclic) bond motifs is 2. The lowest BCUT2D eigenvalue weighted by Gasteiger charge is -2.05. The molecule has 0 aliphatic carbocycles. The van der Waals surface area contributed by atoms with Crippen LogP contribution in [-0.4, -0.2) is 20.9 Å². The third-order valence-electron chi connectivity index (χ3n) is 4.19. The number of rotatable bonds is 4. The summed E-state index contributed by atoms with van der Waals surface area (Å²) in [7, 11) is 0. The van der Waals surface area contributed by atoms with Gasteiger partial charge < -0.3 is 14.1 Å². The van der Waals surface area contributed by atoms with Crippen LogP contribution < -0.4 is 5.56 Å². The summed E-state index contributed by atoms with van der Waals surface area (Å²) in [6, 6.07) is 8.73. The van der Waals surface area contributed by atoms with Gasteiger partial charge >= 0.3 is 5.97 Å². The molecule has 7 nitrogen and oxygen atoms in total. The van der Waals surface area contributed by atoms with E-state index in [1.165, 1.54) is 22.7 Å². The number of esters is 1. The van der Waals surface area contributed by atoms with Crippen LogP contribution in [0, 0.1) is 0 Å². The molecule has 4 aromatic heterocycles. The highest BCUT2D eigenvalue weighted by Crippen LogP contribution is 2.30. The van der Waals surface area contributed by atoms with Crippen LogP contribution in [-0.2, 0) is 11.3 Å². The molecule has 0 atom stereocenters. The van der Waals surface area contributed by atoms with Gasteiger partial charge in [0.2, 0.25) is 0 Å². The maximum atomic E-state index is 12.5.